The van der Waals surface area contributed by atoms with E-state index in [9.17, 15) is 0 Å². The smallest absolute Gasteiger partial charge is 0.119 e. The predicted octanol–water partition coefficient (Wildman–Crippen LogP) is 4.66. The standard InChI is InChI=1S/C18H23NOS/c1-12(2)20-14-8-6-13(7-9-14)18(19)16-4-3-5-17-15(16)10-11-21-17/h6-12,16,18H,3-5,19H2,1-2H3. The van der Waals surface area contributed by atoms with Crippen LogP contribution in [0.15, 0.2) is 35.7 Å². The second-order valence-corrected chi connectivity index (χ2v) is 7.06. The van der Waals surface area contributed by atoms with E-state index < -0.39 is 0 Å². The van der Waals surface area contributed by atoms with Gasteiger partial charge in [0.2, 0.25) is 0 Å². The van der Waals surface area contributed by atoms with E-state index in [4.69, 9.17) is 10.5 Å². The number of nitrogens with two attached hydrogens (primary N) is 1. The van der Waals surface area contributed by atoms with E-state index in [2.05, 4.69) is 23.6 Å². The van der Waals surface area contributed by atoms with Crippen molar-refractivity contribution in [2.24, 2.45) is 5.73 Å². The highest BCUT2D eigenvalue weighted by molar-refractivity contribution is 7.10. The lowest BCUT2D eigenvalue weighted by atomic mass is 9.80. The average Bonchev–Trinajstić information content (AvgIpc) is 2.95. The van der Waals surface area contributed by atoms with Crippen LogP contribution in [0, 0.1) is 0 Å². The van der Waals surface area contributed by atoms with E-state index >= 15 is 0 Å². The molecule has 1 aromatic carbocycles. The number of thiophene rings is 1. The summed E-state index contributed by atoms with van der Waals surface area (Å²) < 4.78 is 5.70. The van der Waals surface area contributed by atoms with Gasteiger partial charge in [-0.2, -0.15) is 0 Å². The maximum Gasteiger partial charge on any atom is 0.119 e. The Morgan fingerprint density at radius 1 is 1.19 bits per heavy atom. The number of ether oxygens (including phenoxy) is 1. The molecule has 0 saturated heterocycles. The first-order valence-corrected chi connectivity index (χ1v) is 8.61. The van der Waals surface area contributed by atoms with Gasteiger partial charge < -0.3 is 10.5 Å². The third kappa shape index (κ3) is 3.14. The number of hydrogen-bond acceptors (Lipinski definition) is 3. The number of aryl methyl sites for hydroxylation is 1. The molecule has 1 heterocycles. The third-order valence-electron chi connectivity index (χ3n) is 4.17. The molecule has 0 spiro atoms. The molecule has 0 radical (unpaired) electrons. The number of rotatable bonds is 4. The van der Waals surface area contributed by atoms with Gasteiger partial charge >= 0.3 is 0 Å². The predicted molar refractivity (Wildman–Crippen MR) is 89.1 cm³/mol. The van der Waals surface area contributed by atoms with Gasteiger partial charge in [0.05, 0.1) is 6.10 Å². The van der Waals surface area contributed by atoms with Gasteiger partial charge in [-0.1, -0.05) is 12.1 Å². The lowest BCUT2D eigenvalue weighted by molar-refractivity contribution is 0.242. The summed E-state index contributed by atoms with van der Waals surface area (Å²) in [5, 5.41) is 2.20. The molecule has 2 N–H and O–H groups in total. The molecule has 0 aliphatic heterocycles. The molecule has 2 aromatic rings. The Bertz CT molecular complexity index is 588. The van der Waals surface area contributed by atoms with Crippen LogP contribution in [0.5, 0.6) is 5.75 Å². The van der Waals surface area contributed by atoms with Gasteiger partial charge in [-0.15, -0.1) is 11.3 Å². The number of hydrogen-bond donors (Lipinski definition) is 1. The molecule has 112 valence electrons. The normalized spacial score (nSPS) is 19.3. The summed E-state index contributed by atoms with van der Waals surface area (Å²) in [5.41, 5.74) is 9.24. The van der Waals surface area contributed by atoms with Crippen molar-refractivity contribution in [2.75, 3.05) is 0 Å². The lowest BCUT2D eigenvalue weighted by Crippen LogP contribution is -2.22. The topological polar surface area (TPSA) is 35.2 Å². The summed E-state index contributed by atoms with van der Waals surface area (Å²) in [6.45, 7) is 4.08. The molecule has 21 heavy (non-hydrogen) atoms. The van der Waals surface area contributed by atoms with Crippen LogP contribution in [0.25, 0.3) is 0 Å². The molecular formula is C18H23NOS. The highest BCUT2D eigenvalue weighted by Crippen LogP contribution is 2.41. The molecule has 1 aromatic heterocycles. The van der Waals surface area contributed by atoms with E-state index in [1.165, 1.54) is 35.3 Å². The molecule has 0 saturated carbocycles. The molecule has 1 aliphatic carbocycles. The van der Waals surface area contributed by atoms with Crippen LogP contribution in [-0.4, -0.2) is 6.10 Å². The van der Waals surface area contributed by atoms with Crippen molar-refractivity contribution in [3.05, 3.63) is 51.7 Å². The van der Waals surface area contributed by atoms with Crippen molar-refractivity contribution in [2.45, 2.75) is 51.2 Å². The summed E-state index contributed by atoms with van der Waals surface area (Å²) in [4.78, 5) is 1.53. The quantitative estimate of drug-likeness (QED) is 0.891. The molecule has 3 heteroatoms. The van der Waals surface area contributed by atoms with Gasteiger partial charge in [-0.05, 0) is 67.8 Å². The van der Waals surface area contributed by atoms with E-state index in [1.807, 2.05) is 37.3 Å². The minimum Gasteiger partial charge on any atom is -0.491 e. The van der Waals surface area contributed by atoms with Crippen molar-refractivity contribution in [3.8, 4) is 5.75 Å². The molecule has 0 bridgehead atoms. The summed E-state index contributed by atoms with van der Waals surface area (Å²) in [6.07, 6.45) is 3.86. The first-order valence-electron chi connectivity index (χ1n) is 7.73. The lowest BCUT2D eigenvalue weighted by Gasteiger charge is -2.28. The number of fused-ring (bicyclic) bond motifs is 1. The van der Waals surface area contributed by atoms with E-state index in [0.29, 0.717) is 5.92 Å². The summed E-state index contributed by atoms with van der Waals surface area (Å²) in [6, 6.07) is 10.6. The minimum atomic E-state index is 0.0757. The third-order valence-corrected chi connectivity index (χ3v) is 5.17. The van der Waals surface area contributed by atoms with Crippen LogP contribution >= 0.6 is 11.3 Å². The Balaban J connectivity index is 1.78. The minimum absolute atomic E-state index is 0.0757. The van der Waals surface area contributed by atoms with Gasteiger partial charge in [0.15, 0.2) is 0 Å². The van der Waals surface area contributed by atoms with Crippen molar-refractivity contribution in [1.82, 2.24) is 0 Å². The second-order valence-electron chi connectivity index (χ2n) is 6.06. The van der Waals surface area contributed by atoms with Crippen molar-refractivity contribution < 1.29 is 4.74 Å². The Labute approximate surface area is 130 Å². The van der Waals surface area contributed by atoms with Gasteiger partial charge in [-0.3, -0.25) is 0 Å². The zero-order chi connectivity index (χ0) is 14.8. The monoisotopic (exact) mass is 301 g/mol. The van der Waals surface area contributed by atoms with Crippen molar-refractivity contribution in [3.63, 3.8) is 0 Å². The Kier molecular flexibility index (Phi) is 4.32. The molecule has 1 aliphatic rings. The van der Waals surface area contributed by atoms with Gasteiger partial charge in [0, 0.05) is 16.8 Å². The van der Waals surface area contributed by atoms with E-state index in [1.54, 1.807) is 0 Å². The molecular weight excluding hydrogens is 278 g/mol. The summed E-state index contributed by atoms with van der Waals surface area (Å²) >= 11 is 1.88. The fourth-order valence-corrected chi connectivity index (χ4v) is 4.16. The molecule has 2 atom stereocenters. The Morgan fingerprint density at radius 3 is 2.67 bits per heavy atom. The van der Waals surface area contributed by atoms with Crippen LogP contribution in [-0.2, 0) is 6.42 Å². The Morgan fingerprint density at radius 2 is 1.95 bits per heavy atom. The highest BCUT2D eigenvalue weighted by atomic mass is 32.1. The molecule has 2 nitrogen and oxygen atoms in total. The van der Waals surface area contributed by atoms with Gasteiger partial charge in [0.25, 0.3) is 0 Å². The maximum atomic E-state index is 6.56. The SMILES string of the molecule is CC(C)Oc1ccc(C(N)C2CCCc3sccc32)cc1. The fourth-order valence-electron chi connectivity index (χ4n) is 3.17. The van der Waals surface area contributed by atoms with Crippen LogP contribution in [0.4, 0.5) is 0 Å². The van der Waals surface area contributed by atoms with Crippen LogP contribution in [0.1, 0.15) is 54.7 Å². The van der Waals surface area contributed by atoms with Crippen LogP contribution in [0.3, 0.4) is 0 Å². The van der Waals surface area contributed by atoms with Gasteiger partial charge in [-0.25, -0.2) is 0 Å². The molecule has 0 fully saturated rings. The largest absolute Gasteiger partial charge is 0.491 e. The number of benzene rings is 1. The highest BCUT2D eigenvalue weighted by Gasteiger charge is 2.27. The van der Waals surface area contributed by atoms with Gasteiger partial charge in [0.1, 0.15) is 5.75 Å². The fraction of sp³-hybridized carbons (Fsp3) is 0.444. The molecule has 0 amide bonds. The zero-order valence-corrected chi connectivity index (χ0v) is 13.5. The first-order chi connectivity index (χ1) is 10.1. The van der Waals surface area contributed by atoms with E-state index in [0.717, 1.165) is 5.75 Å². The van der Waals surface area contributed by atoms with Crippen LogP contribution in [0.2, 0.25) is 0 Å². The Hall–Kier alpha value is -1.32. The van der Waals surface area contributed by atoms with Crippen molar-refractivity contribution >= 4 is 11.3 Å². The van der Waals surface area contributed by atoms with E-state index in [-0.39, 0.29) is 12.1 Å². The van der Waals surface area contributed by atoms with Crippen molar-refractivity contribution in [1.29, 1.82) is 0 Å². The maximum absolute atomic E-state index is 6.56. The first kappa shape index (κ1) is 14.6. The average molecular weight is 301 g/mol. The molecule has 3 rings (SSSR count). The summed E-state index contributed by atoms with van der Waals surface area (Å²) in [7, 11) is 0. The second kappa shape index (κ2) is 6.20. The zero-order valence-electron chi connectivity index (χ0n) is 12.7. The van der Waals surface area contributed by atoms with Crippen LogP contribution < -0.4 is 10.5 Å². The molecule has 2 unspecified atom stereocenters. The summed E-state index contributed by atoms with van der Waals surface area (Å²) in [5.74, 6) is 1.37.